The molecule has 2 heteroatoms. The summed E-state index contributed by atoms with van der Waals surface area (Å²) in [5, 5.41) is 2.94. The molecule has 3 atom stereocenters. The highest BCUT2D eigenvalue weighted by molar-refractivity contribution is 5.46. The van der Waals surface area contributed by atoms with Crippen LogP contribution in [0.2, 0.25) is 0 Å². The second-order valence-electron chi connectivity index (χ2n) is 6.06. The van der Waals surface area contributed by atoms with E-state index in [2.05, 4.69) is 33.0 Å². The minimum atomic E-state index is 0.383. The van der Waals surface area contributed by atoms with Gasteiger partial charge in [-0.3, -0.25) is 4.79 Å². The summed E-state index contributed by atoms with van der Waals surface area (Å²) in [6.07, 6.45) is 5.77. The predicted octanol–water partition coefficient (Wildman–Crippen LogP) is 2.97. The molecule has 0 aromatic rings. The molecule has 1 amide bonds. The lowest BCUT2D eigenvalue weighted by Gasteiger charge is -2.39. The van der Waals surface area contributed by atoms with Crippen LogP contribution in [0.4, 0.5) is 0 Å². The smallest absolute Gasteiger partial charge is 0.207 e. The molecule has 0 radical (unpaired) electrons. The molecule has 0 bridgehead atoms. The maximum atomic E-state index is 10.4. The van der Waals surface area contributed by atoms with Crippen LogP contribution in [0.15, 0.2) is 0 Å². The molecule has 0 spiro atoms. The molecule has 88 valence electrons. The van der Waals surface area contributed by atoms with E-state index >= 15 is 0 Å². The summed E-state index contributed by atoms with van der Waals surface area (Å²) in [5.74, 6) is 1.50. The van der Waals surface area contributed by atoms with Crippen LogP contribution >= 0.6 is 0 Å². The third-order valence-corrected chi connectivity index (χ3v) is 4.09. The monoisotopic (exact) mass is 211 g/mol. The first-order chi connectivity index (χ1) is 6.95. The van der Waals surface area contributed by atoms with Crippen LogP contribution in [-0.2, 0) is 4.79 Å². The van der Waals surface area contributed by atoms with Gasteiger partial charge in [0.1, 0.15) is 0 Å². The van der Waals surface area contributed by atoms with Gasteiger partial charge in [-0.15, -0.1) is 0 Å². The summed E-state index contributed by atoms with van der Waals surface area (Å²) < 4.78 is 0. The predicted molar refractivity (Wildman–Crippen MR) is 63.6 cm³/mol. The summed E-state index contributed by atoms with van der Waals surface area (Å²) in [7, 11) is 0. The average Bonchev–Trinajstić information content (AvgIpc) is 2.16. The van der Waals surface area contributed by atoms with E-state index in [1.165, 1.54) is 12.8 Å². The SMILES string of the molecule is CC(C1CCCC(NC=O)C1)C(C)(C)C. The lowest BCUT2D eigenvalue weighted by Crippen LogP contribution is -2.37. The zero-order valence-electron chi connectivity index (χ0n) is 10.5. The van der Waals surface area contributed by atoms with Crippen LogP contribution in [0.3, 0.4) is 0 Å². The minimum Gasteiger partial charge on any atom is -0.356 e. The van der Waals surface area contributed by atoms with E-state index in [0.717, 1.165) is 31.1 Å². The molecule has 3 unspecified atom stereocenters. The molecule has 1 aliphatic rings. The maximum Gasteiger partial charge on any atom is 0.207 e. The van der Waals surface area contributed by atoms with E-state index in [1.54, 1.807) is 0 Å². The van der Waals surface area contributed by atoms with Crippen molar-refractivity contribution >= 4 is 6.41 Å². The Hall–Kier alpha value is -0.530. The zero-order chi connectivity index (χ0) is 11.5. The number of amides is 1. The third kappa shape index (κ3) is 3.51. The Morgan fingerprint density at radius 1 is 1.33 bits per heavy atom. The molecule has 2 nitrogen and oxygen atoms in total. The highest BCUT2D eigenvalue weighted by Gasteiger charge is 2.32. The Kier molecular flexibility index (Phi) is 4.18. The van der Waals surface area contributed by atoms with Crippen molar-refractivity contribution in [2.45, 2.75) is 59.4 Å². The second-order valence-corrected chi connectivity index (χ2v) is 6.06. The summed E-state index contributed by atoms with van der Waals surface area (Å²) in [6.45, 7) is 9.30. The van der Waals surface area contributed by atoms with Gasteiger partial charge < -0.3 is 5.32 Å². The zero-order valence-corrected chi connectivity index (χ0v) is 10.5. The van der Waals surface area contributed by atoms with Crippen molar-refractivity contribution in [3.8, 4) is 0 Å². The number of rotatable bonds is 3. The van der Waals surface area contributed by atoms with Crippen molar-refractivity contribution in [3.05, 3.63) is 0 Å². The number of carbonyl (C=O) groups excluding carboxylic acids is 1. The van der Waals surface area contributed by atoms with Crippen LogP contribution in [0, 0.1) is 17.3 Å². The van der Waals surface area contributed by atoms with Crippen molar-refractivity contribution in [2.75, 3.05) is 0 Å². The molecule has 0 heterocycles. The fraction of sp³-hybridized carbons (Fsp3) is 0.923. The number of hydrogen-bond donors (Lipinski definition) is 1. The van der Waals surface area contributed by atoms with E-state index in [4.69, 9.17) is 0 Å². The normalized spacial score (nSPS) is 29.6. The quantitative estimate of drug-likeness (QED) is 0.714. The molecule has 1 saturated carbocycles. The average molecular weight is 211 g/mol. The van der Waals surface area contributed by atoms with Crippen LogP contribution in [0.1, 0.15) is 53.4 Å². The molecule has 0 aromatic heterocycles. The minimum absolute atomic E-state index is 0.383. The van der Waals surface area contributed by atoms with E-state index in [9.17, 15) is 4.79 Å². The molecule has 0 saturated heterocycles. The Bertz CT molecular complexity index is 207. The first kappa shape index (κ1) is 12.5. The highest BCUT2D eigenvalue weighted by Crippen LogP contribution is 2.39. The third-order valence-electron chi connectivity index (χ3n) is 4.09. The number of carbonyl (C=O) groups is 1. The van der Waals surface area contributed by atoms with Gasteiger partial charge in [-0.1, -0.05) is 40.5 Å². The molecular formula is C13H25NO. The van der Waals surface area contributed by atoms with Gasteiger partial charge in [0.15, 0.2) is 0 Å². The molecule has 15 heavy (non-hydrogen) atoms. The Labute approximate surface area is 93.8 Å². The molecule has 1 aliphatic carbocycles. The van der Waals surface area contributed by atoms with Gasteiger partial charge >= 0.3 is 0 Å². The lowest BCUT2D eigenvalue weighted by atomic mass is 9.68. The second kappa shape index (κ2) is 5.00. The van der Waals surface area contributed by atoms with Crippen molar-refractivity contribution in [3.63, 3.8) is 0 Å². The van der Waals surface area contributed by atoms with Gasteiger partial charge in [0, 0.05) is 6.04 Å². The fourth-order valence-electron chi connectivity index (χ4n) is 2.64. The summed E-state index contributed by atoms with van der Waals surface area (Å²) >= 11 is 0. The molecule has 0 aromatic carbocycles. The molecule has 1 rings (SSSR count). The van der Waals surface area contributed by atoms with E-state index in [1.807, 2.05) is 0 Å². The van der Waals surface area contributed by atoms with Crippen molar-refractivity contribution < 1.29 is 4.79 Å². The topological polar surface area (TPSA) is 29.1 Å². The Morgan fingerprint density at radius 3 is 2.53 bits per heavy atom. The molecular weight excluding hydrogens is 186 g/mol. The van der Waals surface area contributed by atoms with Gasteiger partial charge in [-0.05, 0) is 30.1 Å². The van der Waals surface area contributed by atoms with Crippen LogP contribution in [-0.4, -0.2) is 12.5 Å². The van der Waals surface area contributed by atoms with E-state index in [-0.39, 0.29) is 0 Å². The van der Waals surface area contributed by atoms with Gasteiger partial charge in [-0.2, -0.15) is 0 Å². The molecule has 1 N–H and O–H groups in total. The number of nitrogens with one attached hydrogen (secondary N) is 1. The Morgan fingerprint density at radius 2 is 2.00 bits per heavy atom. The molecule has 1 fully saturated rings. The van der Waals surface area contributed by atoms with Crippen molar-refractivity contribution in [2.24, 2.45) is 17.3 Å². The standard InChI is InChI=1S/C13H25NO/c1-10(13(2,3)4)11-6-5-7-12(8-11)14-9-15/h9-12H,5-8H2,1-4H3,(H,14,15). The van der Waals surface area contributed by atoms with Crippen LogP contribution in [0.25, 0.3) is 0 Å². The maximum absolute atomic E-state index is 10.4. The van der Waals surface area contributed by atoms with Crippen molar-refractivity contribution in [1.29, 1.82) is 0 Å². The lowest BCUT2D eigenvalue weighted by molar-refractivity contribution is -0.110. The van der Waals surface area contributed by atoms with Crippen molar-refractivity contribution in [1.82, 2.24) is 5.32 Å². The largest absolute Gasteiger partial charge is 0.356 e. The van der Waals surface area contributed by atoms with Gasteiger partial charge in [-0.25, -0.2) is 0 Å². The Balaban J connectivity index is 2.52. The highest BCUT2D eigenvalue weighted by atomic mass is 16.1. The van der Waals surface area contributed by atoms with Gasteiger partial charge in [0.2, 0.25) is 6.41 Å². The van der Waals surface area contributed by atoms with Gasteiger partial charge in [0.25, 0.3) is 0 Å². The summed E-state index contributed by atoms with van der Waals surface area (Å²) in [4.78, 5) is 10.4. The van der Waals surface area contributed by atoms with E-state index < -0.39 is 0 Å². The summed E-state index contributed by atoms with van der Waals surface area (Å²) in [5.41, 5.74) is 0.383. The van der Waals surface area contributed by atoms with Crippen LogP contribution < -0.4 is 5.32 Å². The van der Waals surface area contributed by atoms with Gasteiger partial charge in [0.05, 0.1) is 0 Å². The molecule has 0 aliphatic heterocycles. The first-order valence-electron chi connectivity index (χ1n) is 6.15. The number of hydrogen-bond acceptors (Lipinski definition) is 1. The van der Waals surface area contributed by atoms with Crippen LogP contribution in [0.5, 0.6) is 0 Å². The fourth-order valence-corrected chi connectivity index (χ4v) is 2.64. The first-order valence-corrected chi connectivity index (χ1v) is 6.15. The van der Waals surface area contributed by atoms with E-state index in [0.29, 0.717) is 11.5 Å². The summed E-state index contributed by atoms with van der Waals surface area (Å²) in [6, 6.07) is 0.422.